The van der Waals surface area contributed by atoms with Crippen LogP contribution in [0.5, 0.6) is 0 Å². The van der Waals surface area contributed by atoms with Crippen LogP contribution in [0.3, 0.4) is 0 Å². The molecule has 0 heterocycles. The standard InChI is InChI=1S/C35H31ClN4/c1-24(33(20-25-9-17-32(36)18-10-25)31-6-4-5-27(19-31)22-38)40-34(35(2,3)23-39)30-15-13-29(14-16-30)28-11-7-26(21-37)8-12-28/h4-19,24,33-34,40H,20H2,1-3H3/t24-,33+,34?/m0/s1. The Hall–Kier alpha value is -4.40. The van der Waals surface area contributed by atoms with Crippen LogP contribution in [-0.2, 0) is 6.42 Å². The number of benzene rings is 4. The van der Waals surface area contributed by atoms with E-state index in [9.17, 15) is 10.5 Å². The van der Waals surface area contributed by atoms with Gasteiger partial charge < -0.3 is 5.32 Å². The third-order valence-corrected chi connectivity index (χ3v) is 7.70. The van der Waals surface area contributed by atoms with E-state index < -0.39 is 5.41 Å². The van der Waals surface area contributed by atoms with Crippen molar-refractivity contribution in [3.63, 3.8) is 0 Å². The molecule has 40 heavy (non-hydrogen) atoms. The Morgan fingerprint density at radius 1 is 0.750 bits per heavy atom. The van der Waals surface area contributed by atoms with E-state index in [-0.39, 0.29) is 18.0 Å². The maximum absolute atomic E-state index is 10.1. The summed E-state index contributed by atoms with van der Waals surface area (Å²) in [5.41, 5.74) is 5.87. The average molecular weight is 543 g/mol. The highest BCUT2D eigenvalue weighted by molar-refractivity contribution is 6.30. The quantitative estimate of drug-likeness (QED) is 0.230. The number of nitrogens with zero attached hydrogens (tertiary/aromatic N) is 3. The average Bonchev–Trinajstić information content (AvgIpc) is 2.99. The van der Waals surface area contributed by atoms with Crippen molar-refractivity contribution in [2.75, 3.05) is 0 Å². The lowest BCUT2D eigenvalue weighted by molar-refractivity contribution is 0.281. The number of hydrogen-bond donors (Lipinski definition) is 1. The SMILES string of the molecule is C[C@H](NC(c1ccc(-c2ccc(C#N)cc2)cc1)C(C)(C)C#N)[C@@H](Cc1ccc(Cl)cc1)c1cccc(C#N)c1. The van der Waals surface area contributed by atoms with Crippen LogP contribution in [0.1, 0.15) is 60.5 Å². The largest absolute Gasteiger partial charge is 0.305 e. The molecule has 4 aromatic rings. The molecule has 0 amide bonds. The van der Waals surface area contributed by atoms with Crippen LogP contribution in [-0.4, -0.2) is 6.04 Å². The summed E-state index contributed by atoms with van der Waals surface area (Å²) in [5, 5.41) is 33.3. The van der Waals surface area contributed by atoms with E-state index in [1.807, 2.05) is 80.6 Å². The first-order chi connectivity index (χ1) is 19.2. The Kier molecular flexibility index (Phi) is 9.04. The monoisotopic (exact) mass is 542 g/mol. The van der Waals surface area contributed by atoms with Gasteiger partial charge in [-0.25, -0.2) is 0 Å². The molecule has 0 aliphatic rings. The molecule has 0 bridgehead atoms. The summed E-state index contributed by atoms with van der Waals surface area (Å²) < 4.78 is 0. The fourth-order valence-corrected chi connectivity index (χ4v) is 5.19. The van der Waals surface area contributed by atoms with Gasteiger partial charge in [0, 0.05) is 17.0 Å². The molecule has 0 spiro atoms. The van der Waals surface area contributed by atoms with E-state index in [1.54, 1.807) is 0 Å². The smallest absolute Gasteiger partial charge is 0.0991 e. The molecule has 0 aliphatic heterocycles. The van der Waals surface area contributed by atoms with Gasteiger partial charge in [-0.3, -0.25) is 0 Å². The lowest BCUT2D eigenvalue weighted by atomic mass is 9.79. The first kappa shape index (κ1) is 28.6. The van der Waals surface area contributed by atoms with Gasteiger partial charge in [-0.2, -0.15) is 15.8 Å². The van der Waals surface area contributed by atoms with Crippen LogP contribution in [0.2, 0.25) is 5.02 Å². The van der Waals surface area contributed by atoms with Crippen molar-refractivity contribution >= 4 is 11.6 Å². The Morgan fingerprint density at radius 2 is 1.35 bits per heavy atom. The highest BCUT2D eigenvalue weighted by Crippen LogP contribution is 2.36. The Morgan fingerprint density at radius 3 is 1.93 bits per heavy atom. The van der Waals surface area contributed by atoms with Gasteiger partial charge in [0.25, 0.3) is 0 Å². The van der Waals surface area contributed by atoms with Crippen LogP contribution in [0, 0.1) is 39.4 Å². The Bertz CT molecular complexity index is 1570. The van der Waals surface area contributed by atoms with Crippen molar-refractivity contribution in [1.82, 2.24) is 5.32 Å². The highest BCUT2D eigenvalue weighted by atomic mass is 35.5. The van der Waals surface area contributed by atoms with E-state index in [2.05, 4.69) is 60.8 Å². The minimum atomic E-state index is -0.691. The number of rotatable bonds is 9. The zero-order chi connectivity index (χ0) is 28.7. The lowest BCUT2D eigenvalue weighted by Gasteiger charge is -2.36. The molecule has 0 radical (unpaired) electrons. The Balaban J connectivity index is 1.66. The predicted molar refractivity (Wildman–Crippen MR) is 160 cm³/mol. The summed E-state index contributed by atoms with van der Waals surface area (Å²) >= 11 is 6.14. The Labute approximate surface area is 242 Å². The van der Waals surface area contributed by atoms with Gasteiger partial charge in [0.05, 0.1) is 40.8 Å². The predicted octanol–water partition coefficient (Wildman–Crippen LogP) is 8.35. The van der Waals surface area contributed by atoms with E-state index in [0.29, 0.717) is 16.1 Å². The van der Waals surface area contributed by atoms with Gasteiger partial charge in [-0.15, -0.1) is 0 Å². The van der Waals surface area contributed by atoms with Crippen molar-refractivity contribution in [3.05, 3.63) is 130 Å². The van der Waals surface area contributed by atoms with Crippen LogP contribution in [0.15, 0.2) is 97.1 Å². The minimum absolute atomic E-state index is 0.0274. The topological polar surface area (TPSA) is 83.4 Å². The maximum Gasteiger partial charge on any atom is 0.0991 e. The molecule has 0 aliphatic carbocycles. The molecule has 4 rings (SSSR count). The summed E-state index contributed by atoms with van der Waals surface area (Å²) in [5.74, 6) is 0.0457. The second kappa shape index (κ2) is 12.6. The van der Waals surface area contributed by atoms with Crippen LogP contribution < -0.4 is 5.32 Å². The van der Waals surface area contributed by atoms with E-state index in [4.69, 9.17) is 16.9 Å². The van der Waals surface area contributed by atoms with Crippen molar-refractivity contribution in [3.8, 4) is 29.3 Å². The van der Waals surface area contributed by atoms with Gasteiger partial charge in [0.1, 0.15) is 0 Å². The molecular weight excluding hydrogens is 512 g/mol. The summed E-state index contributed by atoms with van der Waals surface area (Å²) in [4.78, 5) is 0. The van der Waals surface area contributed by atoms with Crippen LogP contribution >= 0.6 is 11.6 Å². The first-order valence-corrected chi connectivity index (χ1v) is 13.6. The molecule has 1 N–H and O–H groups in total. The number of nitriles is 3. The fourth-order valence-electron chi connectivity index (χ4n) is 5.07. The molecule has 0 fully saturated rings. The summed E-state index contributed by atoms with van der Waals surface area (Å²) in [6.07, 6.45) is 0.748. The molecule has 198 valence electrons. The molecule has 0 saturated heterocycles. The molecule has 0 saturated carbocycles. The molecule has 0 aromatic heterocycles. The van der Waals surface area contributed by atoms with Gasteiger partial charge in [0.2, 0.25) is 0 Å². The maximum atomic E-state index is 10.1. The zero-order valence-electron chi connectivity index (χ0n) is 22.9. The summed E-state index contributed by atoms with van der Waals surface area (Å²) in [7, 11) is 0. The third kappa shape index (κ3) is 6.77. The highest BCUT2D eigenvalue weighted by Gasteiger charge is 2.34. The van der Waals surface area contributed by atoms with Gasteiger partial charge in [-0.05, 0) is 91.4 Å². The summed E-state index contributed by atoms with van der Waals surface area (Å²) in [6, 6.07) is 38.1. The van der Waals surface area contributed by atoms with Crippen LogP contribution in [0.4, 0.5) is 0 Å². The molecule has 4 nitrogen and oxygen atoms in total. The number of hydrogen-bond acceptors (Lipinski definition) is 4. The van der Waals surface area contributed by atoms with Crippen molar-refractivity contribution in [2.45, 2.75) is 45.2 Å². The summed E-state index contributed by atoms with van der Waals surface area (Å²) in [6.45, 7) is 6.05. The van der Waals surface area contributed by atoms with Crippen molar-refractivity contribution < 1.29 is 0 Å². The molecule has 5 heteroatoms. The van der Waals surface area contributed by atoms with Crippen molar-refractivity contribution in [1.29, 1.82) is 15.8 Å². The number of nitrogens with one attached hydrogen (secondary N) is 1. The minimum Gasteiger partial charge on any atom is -0.305 e. The van der Waals surface area contributed by atoms with Crippen LogP contribution in [0.25, 0.3) is 11.1 Å². The van der Waals surface area contributed by atoms with E-state index in [0.717, 1.165) is 34.2 Å². The molecule has 4 aromatic carbocycles. The second-order valence-corrected chi connectivity index (χ2v) is 11.1. The van der Waals surface area contributed by atoms with E-state index in [1.165, 1.54) is 0 Å². The first-order valence-electron chi connectivity index (χ1n) is 13.3. The second-order valence-electron chi connectivity index (χ2n) is 10.7. The zero-order valence-corrected chi connectivity index (χ0v) is 23.7. The molecule has 3 atom stereocenters. The van der Waals surface area contributed by atoms with E-state index >= 15 is 0 Å². The van der Waals surface area contributed by atoms with Crippen molar-refractivity contribution in [2.24, 2.45) is 5.41 Å². The fraction of sp³-hybridized carbons (Fsp3) is 0.229. The normalized spacial score (nSPS) is 13.3. The third-order valence-electron chi connectivity index (χ3n) is 7.45. The van der Waals surface area contributed by atoms with Gasteiger partial charge in [0.15, 0.2) is 0 Å². The lowest BCUT2D eigenvalue weighted by Crippen LogP contribution is -2.42. The van der Waals surface area contributed by atoms with Gasteiger partial charge >= 0.3 is 0 Å². The molecular formula is C35H31ClN4. The molecule has 1 unspecified atom stereocenters. The van der Waals surface area contributed by atoms with Gasteiger partial charge in [-0.1, -0.05) is 72.3 Å². The number of halogens is 1.